The van der Waals surface area contributed by atoms with E-state index < -0.39 is 11.1 Å². The predicted molar refractivity (Wildman–Crippen MR) is 66.4 cm³/mol. The van der Waals surface area contributed by atoms with Crippen LogP contribution in [0.25, 0.3) is 0 Å². The molecule has 0 aromatic heterocycles. The van der Waals surface area contributed by atoms with Crippen molar-refractivity contribution < 1.29 is 9.90 Å². The molecule has 4 heteroatoms. The molecule has 2 saturated carbocycles. The fourth-order valence-electron chi connectivity index (χ4n) is 2.69. The number of amides is 1. The van der Waals surface area contributed by atoms with Crippen LogP contribution in [0.3, 0.4) is 0 Å². The Morgan fingerprint density at radius 3 is 2.53 bits per heavy atom. The summed E-state index contributed by atoms with van der Waals surface area (Å²) in [6.45, 7) is 2.15. The first kappa shape index (κ1) is 12.8. The molecular formula is C13H24N2O2. The van der Waals surface area contributed by atoms with Gasteiger partial charge in [0.1, 0.15) is 0 Å². The highest BCUT2D eigenvalue weighted by molar-refractivity contribution is 5.86. The molecule has 2 aliphatic rings. The van der Waals surface area contributed by atoms with E-state index in [9.17, 15) is 9.90 Å². The quantitative estimate of drug-likeness (QED) is 0.684. The van der Waals surface area contributed by atoms with Crippen LogP contribution in [0, 0.1) is 5.92 Å². The van der Waals surface area contributed by atoms with Crippen molar-refractivity contribution in [2.24, 2.45) is 11.7 Å². The summed E-state index contributed by atoms with van der Waals surface area (Å²) in [4.78, 5) is 12.0. The topological polar surface area (TPSA) is 75.4 Å². The predicted octanol–water partition coefficient (Wildman–Crippen LogP) is 0.925. The number of nitrogens with one attached hydrogen (secondary N) is 1. The highest BCUT2D eigenvalue weighted by atomic mass is 16.3. The number of carbonyl (C=O) groups is 1. The first-order valence-corrected chi connectivity index (χ1v) is 6.74. The van der Waals surface area contributed by atoms with Crippen LogP contribution >= 0.6 is 0 Å². The van der Waals surface area contributed by atoms with Gasteiger partial charge in [0.05, 0.1) is 11.1 Å². The Labute approximate surface area is 103 Å². The third-order valence-corrected chi connectivity index (χ3v) is 4.28. The zero-order valence-electron chi connectivity index (χ0n) is 10.7. The van der Waals surface area contributed by atoms with E-state index in [-0.39, 0.29) is 5.91 Å². The van der Waals surface area contributed by atoms with Gasteiger partial charge in [-0.05, 0) is 38.5 Å². The van der Waals surface area contributed by atoms with Crippen LogP contribution in [0.4, 0.5) is 0 Å². The minimum absolute atomic E-state index is 0.112. The molecule has 4 N–H and O–H groups in total. The number of carbonyl (C=O) groups excluding carboxylic acids is 1. The number of aliphatic hydroxyl groups is 1. The summed E-state index contributed by atoms with van der Waals surface area (Å²) in [6.07, 6.45) is 6.96. The maximum atomic E-state index is 12.0. The van der Waals surface area contributed by atoms with Crippen molar-refractivity contribution in [2.45, 2.75) is 63.0 Å². The molecule has 1 amide bonds. The Morgan fingerprint density at radius 1 is 1.41 bits per heavy atom. The SMILES string of the molecule is CC(N)(C(=O)NCC1(O)CCCCC1)C1CC1. The molecule has 0 saturated heterocycles. The van der Waals surface area contributed by atoms with Gasteiger partial charge in [-0.15, -0.1) is 0 Å². The number of rotatable bonds is 4. The smallest absolute Gasteiger partial charge is 0.240 e. The molecule has 2 fully saturated rings. The van der Waals surface area contributed by atoms with E-state index in [1.807, 2.05) is 0 Å². The van der Waals surface area contributed by atoms with Gasteiger partial charge in [0, 0.05) is 6.54 Å². The largest absolute Gasteiger partial charge is 0.388 e. The monoisotopic (exact) mass is 240 g/mol. The highest BCUT2D eigenvalue weighted by Gasteiger charge is 2.44. The summed E-state index contributed by atoms with van der Waals surface area (Å²) in [5.41, 5.74) is 4.57. The fraction of sp³-hybridized carbons (Fsp3) is 0.923. The van der Waals surface area contributed by atoms with E-state index in [1.165, 1.54) is 6.42 Å². The minimum Gasteiger partial charge on any atom is -0.388 e. The summed E-state index contributed by atoms with van der Waals surface area (Å²) < 4.78 is 0. The van der Waals surface area contributed by atoms with Crippen molar-refractivity contribution in [3.05, 3.63) is 0 Å². The molecule has 2 aliphatic carbocycles. The van der Waals surface area contributed by atoms with E-state index in [0.717, 1.165) is 38.5 Å². The van der Waals surface area contributed by atoms with Crippen LogP contribution in [-0.2, 0) is 4.79 Å². The zero-order valence-corrected chi connectivity index (χ0v) is 10.7. The van der Waals surface area contributed by atoms with Crippen LogP contribution < -0.4 is 11.1 Å². The Balaban J connectivity index is 1.82. The van der Waals surface area contributed by atoms with Crippen molar-refractivity contribution in [1.29, 1.82) is 0 Å². The summed E-state index contributed by atoms with van der Waals surface area (Å²) in [6, 6.07) is 0. The van der Waals surface area contributed by atoms with Crippen molar-refractivity contribution in [1.82, 2.24) is 5.32 Å². The average Bonchev–Trinajstić information content (AvgIpc) is 3.11. The van der Waals surface area contributed by atoms with E-state index in [0.29, 0.717) is 12.5 Å². The van der Waals surface area contributed by atoms with Crippen molar-refractivity contribution in [3.8, 4) is 0 Å². The number of hydrogen-bond acceptors (Lipinski definition) is 3. The first-order chi connectivity index (χ1) is 7.94. The normalized spacial score (nSPS) is 27.2. The van der Waals surface area contributed by atoms with Gasteiger partial charge < -0.3 is 16.2 Å². The van der Waals surface area contributed by atoms with Gasteiger partial charge in [-0.1, -0.05) is 19.3 Å². The second kappa shape index (κ2) is 4.58. The van der Waals surface area contributed by atoms with E-state index in [1.54, 1.807) is 6.92 Å². The summed E-state index contributed by atoms with van der Waals surface area (Å²) in [5, 5.41) is 13.1. The van der Waals surface area contributed by atoms with Gasteiger partial charge >= 0.3 is 0 Å². The molecule has 0 spiro atoms. The lowest BCUT2D eigenvalue weighted by molar-refractivity contribution is -0.128. The Morgan fingerprint density at radius 2 is 2.00 bits per heavy atom. The molecule has 1 atom stereocenters. The molecule has 0 radical (unpaired) electrons. The summed E-state index contributed by atoms with van der Waals surface area (Å²) in [5.74, 6) is 0.211. The third kappa shape index (κ3) is 2.99. The lowest BCUT2D eigenvalue weighted by Crippen LogP contribution is -2.56. The standard InChI is InChI=1S/C13H24N2O2/c1-12(14,10-5-6-10)11(16)15-9-13(17)7-3-2-4-8-13/h10,17H,2-9,14H2,1H3,(H,15,16). The van der Waals surface area contributed by atoms with Gasteiger partial charge in [-0.25, -0.2) is 0 Å². The van der Waals surface area contributed by atoms with Crippen molar-refractivity contribution >= 4 is 5.91 Å². The van der Waals surface area contributed by atoms with Gasteiger partial charge in [0.15, 0.2) is 0 Å². The lowest BCUT2D eigenvalue weighted by Gasteiger charge is -2.33. The molecule has 0 aromatic carbocycles. The Hall–Kier alpha value is -0.610. The second-order valence-electron chi connectivity index (χ2n) is 6.02. The average molecular weight is 240 g/mol. The summed E-state index contributed by atoms with van der Waals surface area (Å²) >= 11 is 0. The van der Waals surface area contributed by atoms with Gasteiger partial charge in [-0.2, -0.15) is 0 Å². The maximum absolute atomic E-state index is 12.0. The van der Waals surface area contributed by atoms with E-state index in [4.69, 9.17) is 5.73 Å². The second-order valence-corrected chi connectivity index (χ2v) is 6.02. The number of hydrogen-bond donors (Lipinski definition) is 3. The van der Waals surface area contributed by atoms with Crippen LogP contribution in [0.15, 0.2) is 0 Å². The van der Waals surface area contributed by atoms with Crippen LogP contribution in [-0.4, -0.2) is 28.7 Å². The third-order valence-electron chi connectivity index (χ3n) is 4.28. The molecule has 98 valence electrons. The van der Waals surface area contributed by atoms with Crippen LogP contribution in [0.1, 0.15) is 51.9 Å². The van der Waals surface area contributed by atoms with Crippen molar-refractivity contribution in [2.75, 3.05) is 6.54 Å². The molecule has 1 unspecified atom stereocenters. The summed E-state index contributed by atoms with van der Waals surface area (Å²) in [7, 11) is 0. The maximum Gasteiger partial charge on any atom is 0.240 e. The molecule has 0 heterocycles. The van der Waals surface area contributed by atoms with Crippen molar-refractivity contribution in [3.63, 3.8) is 0 Å². The van der Waals surface area contributed by atoms with Gasteiger partial charge in [0.25, 0.3) is 0 Å². The molecule has 0 aliphatic heterocycles. The fourth-order valence-corrected chi connectivity index (χ4v) is 2.69. The molecule has 4 nitrogen and oxygen atoms in total. The minimum atomic E-state index is -0.759. The molecule has 0 aromatic rings. The molecule has 2 rings (SSSR count). The van der Waals surface area contributed by atoms with E-state index >= 15 is 0 Å². The van der Waals surface area contributed by atoms with Crippen LogP contribution in [0.2, 0.25) is 0 Å². The molecule has 17 heavy (non-hydrogen) atoms. The zero-order chi connectivity index (χ0) is 12.5. The van der Waals surface area contributed by atoms with Gasteiger partial charge in [-0.3, -0.25) is 4.79 Å². The number of nitrogens with two attached hydrogens (primary N) is 1. The van der Waals surface area contributed by atoms with Crippen LogP contribution in [0.5, 0.6) is 0 Å². The molecular weight excluding hydrogens is 216 g/mol. The van der Waals surface area contributed by atoms with Gasteiger partial charge in [0.2, 0.25) is 5.91 Å². The molecule has 0 bridgehead atoms. The Bertz CT molecular complexity index is 292. The highest BCUT2D eigenvalue weighted by Crippen LogP contribution is 2.38. The first-order valence-electron chi connectivity index (χ1n) is 6.74. The Kier molecular flexibility index (Phi) is 3.46. The van der Waals surface area contributed by atoms with E-state index in [2.05, 4.69) is 5.32 Å². The lowest BCUT2D eigenvalue weighted by atomic mass is 9.84.